The van der Waals surface area contributed by atoms with E-state index in [4.69, 9.17) is 0 Å². The number of halogens is 1. The van der Waals surface area contributed by atoms with Crippen molar-refractivity contribution >= 4 is 15.9 Å². The molecule has 1 amide bonds. The minimum atomic E-state index is -3.81. The molecule has 20 heavy (non-hydrogen) atoms. The van der Waals surface area contributed by atoms with Crippen molar-refractivity contribution in [2.24, 2.45) is 0 Å². The number of carbonyl (C=O) groups is 1. The molecule has 5 nitrogen and oxygen atoms in total. The molecule has 0 aliphatic heterocycles. The first-order chi connectivity index (χ1) is 9.41. The van der Waals surface area contributed by atoms with Gasteiger partial charge in [0.15, 0.2) is 0 Å². The van der Waals surface area contributed by atoms with Gasteiger partial charge in [0.05, 0.1) is 11.4 Å². The van der Waals surface area contributed by atoms with E-state index in [1.165, 1.54) is 18.2 Å². The fourth-order valence-electron chi connectivity index (χ4n) is 1.52. The number of rotatable bonds is 7. The summed E-state index contributed by atoms with van der Waals surface area (Å²) in [5, 5.41) is 2.51. The Morgan fingerprint density at radius 3 is 2.50 bits per heavy atom. The molecule has 0 heterocycles. The van der Waals surface area contributed by atoms with Gasteiger partial charge in [0.25, 0.3) is 0 Å². The van der Waals surface area contributed by atoms with Gasteiger partial charge in [-0.3, -0.25) is 4.79 Å². The predicted octanol–water partition coefficient (Wildman–Crippen LogP) is 1.14. The number of nitrogens with one attached hydrogen (secondary N) is 1. The van der Waals surface area contributed by atoms with Crippen LogP contribution in [0.1, 0.15) is 6.92 Å². The zero-order valence-corrected chi connectivity index (χ0v) is 12.0. The van der Waals surface area contributed by atoms with Gasteiger partial charge in [0.1, 0.15) is 5.82 Å². The molecule has 0 fully saturated rings. The first-order valence-corrected chi connectivity index (χ1v) is 7.49. The van der Waals surface area contributed by atoms with E-state index in [2.05, 4.69) is 11.9 Å². The molecule has 0 saturated heterocycles. The van der Waals surface area contributed by atoms with Crippen LogP contribution < -0.4 is 5.32 Å². The van der Waals surface area contributed by atoms with E-state index in [-0.39, 0.29) is 24.5 Å². The Labute approximate surface area is 118 Å². The van der Waals surface area contributed by atoms with Crippen molar-refractivity contribution in [1.29, 1.82) is 0 Å². The molecule has 0 saturated carbocycles. The van der Waals surface area contributed by atoms with Crippen molar-refractivity contribution < 1.29 is 17.6 Å². The van der Waals surface area contributed by atoms with Gasteiger partial charge in [-0.05, 0) is 24.3 Å². The van der Waals surface area contributed by atoms with Crippen molar-refractivity contribution in [3.8, 4) is 0 Å². The first kappa shape index (κ1) is 16.3. The first-order valence-electron chi connectivity index (χ1n) is 6.05. The molecule has 110 valence electrons. The summed E-state index contributed by atoms with van der Waals surface area (Å²) in [6.07, 6.45) is 1.50. The van der Waals surface area contributed by atoms with Crippen molar-refractivity contribution in [3.05, 3.63) is 42.7 Å². The van der Waals surface area contributed by atoms with E-state index in [1.54, 1.807) is 6.92 Å². The zero-order chi connectivity index (χ0) is 15.2. The molecule has 7 heteroatoms. The van der Waals surface area contributed by atoms with E-state index < -0.39 is 21.7 Å². The molecular weight excluding hydrogens is 283 g/mol. The number of hydrogen-bond donors (Lipinski definition) is 1. The van der Waals surface area contributed by atoms with Gasteiger partial charge >= 0.3 is 0 Å². The molecule has 1 aromatic carbocycles. The van der Waals surface area contributed by atoms with Gasteiger partial charge in [-0.1, -0.05) is 13.0 Å². The lowest BCUT2D eigenvalue weighted by atomic mass is 10.4. The van der Waals surface area contributed by atoms with E-state index in [0.29, 0.717) is 0 Å². The molecule has 1 rings (SSSR count). The fraction of sp³-hybridized carbons (Fsp3) is 0.308. The highest BCUT2D eigenvalue weighted by Gasteiger charge is 2.24. The van der Waals surface area contributed by atoms with Crippen molar-refractivity contribution in [1.82, 2.24) is 9.62 Å². The summed E-state index contributed by atoms with van der Waals surface area (Å²) in [4.78, 5) is 11.5. The SMILES string of the molecule is C=CCNC(=O)CN(CC)S(=O)(=O)c1ccc(F)cc1. The summed E-state index contributed by atoms with van der Waals surface area (Å²) < 4.78 is 38.4. The van der Waals surface area contributed by atoms with Crippen LogP contribution in [0.3, 0.4) is 0 Å². The maximum Gasteiger partial charge on any atom is 0.243 e. The molecule has 0 spiro atoms. The van der Waals surface area contributed by atoms with Crippen LogP contribution in [-0.4, -0.2) is 38.3 Å². The normalized spacial score (nSPS) is 11.3. The van der Waals surface area contributed by atoms with Crippen molar-refractivity contribution in [2.45, 2.75) is 11.8 Å². The maximum atomic E-state index is 12.8. The molecular formula is C13H17FN2O3S. The molecule has 0 aliphatic rings. The highest BCUT2D eigenvalue weighted by atomic mass is 32.2. The summed E-state index contributed by atoms with van der Waals surface area (Å²) in [6.45, 7) is 5.20. The van der Waals surface area contributed by atoms with E-state index >= 15 is 0 Å². The average Bonchev–Trinajstić information content (AvgIpc) is 2.42. The van der Waals surface area contributed by atoms with Gasteiger partial charge in [-0.25, -0.2) is 12.8 Å². The summed E-state index contributed by atoms with van der Waals surface area (Å²) in [5.74, 6) is -0.937. The Kier molecular flexibility index (Phi) is 5.84. The zero-order valence-electron chi connectivity index (χ0n) is 11.2. The number of benzene rings is 1. The lowest BCUT2D eigenvalue weighted by molar-refractivity contribution is -0.121. The number of hydrogen-bond acceptors (Lipinski definition) is 3. The van der Waals surface area contributed by atoms with Gasteiger partial charge in [0, 0.05) is 13.1 Å². The number of amides is 1. The Hall–Kier alpha value is -1.73. The lowest BCUT2D eigenvalue weighted by Crippen LogP contribution is -2.40. The second-order valence-electron chi connectivity index (χ2n) is 3.98. The average molecular weight is 300 g/mol. The summed E-state index contributed by atoms with van der Waals surface area (Å²) in [6, 6.07) is 4.49. The third kappa shape index (κ3) is 4.14. The topological polar surface area (TPSA) is 66.5 Å². The molecule has 0 bridgehead atoms. The van der Waals surface area contributed by atoms with Crippen LogP contribution in [0.2, 0.25) is 0 Å². The third-order valence-electron chi connectivity index (χ3n) is 2.57. The number of nitrogens with zero attached hydrogens (tertiary/aromatic N) is 1. The van der Waals surface area contributed by atoms with Crippen LogP contribution in [0.15, 0.2) is 41.8 Å². The number of sulfonamides is 1. The smallest absolute Gasteiger partial charge is 0.243 e. The second kappa shape index (κ2) is 7.16. The van der Waals surface area contributed by atoms with E-state index in [0.717, 1.165) is 16.4 Å². The van der Waals surface area contributed by atoms with Crippen LogP contribution in [0.5, 0.6) is 0 Å². The highest BCUT2D eigenvalue weighted by molar-refractivity contribution is 7.89. The van der Waals surface area contributed by atoms with Crippen molar-refractivity contribution in [2.75, 3.05) is 19.6 Å². The second-order valence-corrected chi connectivity index (χ2v) is 5.92. The van der Waals surface area contributed by atoms with E-state index in [9.17, 15) is 17.6 Å². The predicted molar refractivity (Wildman–Crippen MR) is 74.0 cm³/mol. The van der Waals surface area contributed by atoms with Gasteiger partial charge in [-0.15, -0.1) is 6.58 Å². The number of likely N-dealkylation sites (N-methyl/N-ethyl adjacent to an activating group) is 1. The van der Waals surface area contributed by atoms with Crippen molar-refractivity contribution in [3.63, 3.8) is 0 Å². The maximum absolute atomic E-state index is 12.8. The molecule has 0 aliphatic carbocycles. The Balaban J connectivity index is 2.89. The summed E-state index contributed by atoms with van der Waals surface area (Å²) in [7, 11) is -3.81. The number of carbonyl (C=O) groups excluding carboxylic acids is 1. The quantitative estimate of drug-likeness (QED) is 0.768. The largest absolute Gasteiger partial charge is 0.351 e. The molecule has 0 aromatic heterocycles. The van der Waals surface area contributed by atoms with Crippen LogP contribution >= 0.6 is 0 Å². The summed E-state index contributed by atoms with van der Waals surface area (Å²) in [5.41, 5.74) is 0. The standard InChI is InChI=1S/C13H17FN2O3S/c1-3-9-15-13(17)10-16(4-2)20(18,19)12-7-5-11(14)6-8-12/h3,5-8H,1,4,9-10H2,2H3,(H,15,17). The lowest BCUT2D eigenvalue weighted by Gasteiger charge is -2.19. The van der Waals surface area contributed by atoms with Crippen LogP contribution in [-0.2, 0) is 14.8 Å². The van der Waals surface area contributed by atoms with Crippen LogP contribution in [0.25, 0.3) is 0 Å². The Bertz CT molecular complexity index is 570. The molecule has 0 unspecified atom stereocenters. The van der Waals surface area contributed by atoms with E-state index in [1.807, 2.05) is 0 Å². The van der Waals surface area contributed by atoms with Crippen LogP contribution in [0, 0.1) is 5.82 Å². The highest BCUT2D eigenvalue weighted by Crippen LogP contribution is 2.15. The van der Waals surface area contributed by atoms with Crippen LogP contribution in [0.4, 0.5) is 4.39 Å². The Morgan fingerprint density at radius 2 is 2.00 bits per heavy atom. The molecule has 0 atom stereocenters. The molecule has 1 aromatic rings. The summed E-state index contributed by atoms with van der Waals surface area (Å²) >= 11 is 0. The minimum Gasteiger partial charge on any atom is -0.351 e. The monoisotopic (exact) mass is 300 g/mol. The minimum absolute atomic E-state index is 0.0442. The fourth-order valence-corrected chi connectivity index (χ4v) is 2.93. The molecule has 0 radical (unpaired) electrons. The van der Waals surface area contributed by atoms with Gasteiger partial charge in [-0.2, -0.15) is 4.31 Å². The van der Waals surface area contributed by atoms with Gasteiger partial charge in [0.2, 0.25) is 15.9 Å². The third-order valence-corrected chi connectivity index (χ3v) is 4.50. The molecule has 1 N–H and O–H groups in total. The van der Waals surface area contributed by atoms with Gasteiger partial charge < -0.3 is 5.32 Å². The Morgan fingerprint density at radius 1 is 1.40 bits per heavy atom.